The average molecular weight is 297 g/mol. The summed E-state index contributed by atoms with van der Waals surface area (Å²) in [6.07, 6.45) is 17.4. The molecule has 124 valence electrons. The van der Waals surface area contributed by atoms with Crippen LogP contribution in [-0.2, 0) is 4.79 Å². The van der Waals surface area contributed by atoms with Gasteiger partial charge >= 0.3 is 0 Å². The number of nitrogens with zero attached hydrogens (tertiary/aromatic N) is 1. The minimum atomic E-state index is -0.196. The minimum Gasteiger partial charge on any atom is -0.370 e. The van der Waals surface area contributed by atoms with Gasteiger partial charge in [-0.1, -0.05) is 84.0 Å². The molecule has 4 heteroatoms. The monoisotopic (exact) mass is 297 g/mol. The molecule has 0 unspecified atom stereocenters. The molecule has 0 aromatic heterocycles. The van der Waals surface area contributed by atoms with Gasteiger partial charge in [0.25, 0.3) is 0 Å². The van der Waals surface area contributed by atoms with Gasteiger partial charge in [-0.3, -0.25) is 4.79 Å². The summed E-state index contributed by atoms with van der Waals surface area (Å²) in [5, 5.41) is 0. The molecular formula is C17H35N3O. The zero-order chi connectivity index (χ0) is 15.8. The van der Waals surface area contributed by atoms with E-state index in [1.54, 1.807) is 0 Å². The number of rotatable bonds is 14. The van der Waals surface area contributed by atoms with Crippen molar-refractivity contribution in [2.24, 2.45) is 16.5 Å². The maximum Gasteiger partial charge on any atom is 0.248 e. The van der Waals surface area contributed by atoms with E-state index in [9.17, 15) is 4.79 Å². The zero-order valence-corrected chi connectivity index (χ0v) is 13.9. The summed E-state index contributed by atoms with van der Waals surface area (Å²) in [6, 6.07) is 0. The lowest BCUT2D eigenvalue weighted by Crippen LogP contribution is -2.24. The van der Waals surface area contributed by atoms with Crippen LogP contribution in [0.15, 0.2) is 4.99 Å². The van der Waals surface area contributed by atoms with E-state index in [1.807, 2.05) is 0 Å². The summed E-state index contributed by atoms with van der Waals surface area (Å²) in [6.45, 7) is 2.26. The van der Waals surface area contributed by atoms with E-state index in [-0.39, 0.29) is 11.9 Å². The molecule has 0 aliphatic carbocycles. The van der Waals surface area contributed by atoms with Crippen molar-refractivity contribution in [3.8, 4) is 0 Å². The lowest BCUT2D eigenvalue weighted by Gasteiger charge is -2.02. The molecule has 0 heterocycles. The van der Waals surface area contributed by atoms with Crippen LogP contribution in [0.5, 0.6) is 0 Å². The van der Waals surface area contributed by atoms with E-state index in [0.29, 0.717) is 6.42 Å². The Bertz CT molecular complexity index is 273. The first-order valence-corrected chi connectivity index (χ1v) is 8.79. The largest absolute Gasteiger partial charge is 0.370 e. The Balaban J connectivity index is 3.12. The van der Waals surface area contributed by atoms with Gasteiger partial charge in [0, 0.05) is 6.42 Å². The molecule has 0 fully saturated rings. The summed E-state index contributed by atoms with van der Waals surface area (Å²) in [5.74, 6) is -0.326. The predicted octanol–water partition coefficient (Wildman–Crippen LogP) is 4.27. The SMILES string of the molecule is CCCCCCCCCCCCCCCC(=O)N=C(N)N. The van der Waals surface area contributed by atoms with Crippen molar-refractivity contribution < 1.29 is 4.79 Å². The van der Waals surface area contributed by atoms with Crippen LogP contribution >= 0.6 is 0 Å². The van der Waals surface area contributed by atoms with E-state index >= 15 is 0 Å². The lowest BCUT2D eigenvalue weighted by atomic mass is 10.0. The van der Waals surface area contributed by atoms with Gasteiger partial charge < -0.3 is 11.5 Å². The van der Waals surface area contributed by atoms with Crippen molar-refractivity contribution >= 4 is 11.9 Å². The molecule has 0 saturated carbocycles. The van der Waals surface area contributed by atoms with Crippen molar-refractivity contribution in [3.05, 3.63) is 0 Å². The molecule has 21 heavy (non-hydrogen) atoms. The summed E-state index contributed by atoms with van der Waals surface area (Å²) >= 11 is 0. The van der Waals surface area contributed by atoms with Crippen LogP contribution in [0.25, 0.3) is 0 Å². The van der Waals surface area contributed by atoms with Crippen LogP contribution in [0.1, 0.15) is 96.8 Å². The van der Waals surface area contributed by atoms with Crippen molar-refractivity contribution in [1.29, 1.82) is 0 Å². The molecule has 0 atom stereocenters. The highest BCUT2D eigenvalue weighted by Crippen LogP contribution is 2.12. The van der Waals surface area contributed by atoms with E-state index in [1.165, 1.54) is 70.6 Å². The third-order valence-electron chi connectivity index (χ3n) is 3.75. The molecule has 0 aliphatic heterocycles. The molecule has 0 saturated heterocycles. The van der Waals surface area contributed by atoms with Crippen molar-refractivity contribution in [3.63, 3.8) is 0 Å². The Morgan fingerprint density at radius 1 is 0.714 bits per heavy atom. The molecule has 0 aromatic carbocycles. The van der Waals surface area contributed by atoms with Crippen LogP contribution in [0, 0.1) is 0 Å². The fraction of sp³-hybridized carbons (Fsp3) is 0.882. The van der Waals surface area contributed by atoms with Gasteiger partial charge in [-0.05, 0) is 6.42 Å². The van der Waals surface area contributed by atoms with Crippen molar-refractivity contribution in [2.45, 2.75) is 96.8 Å². The van der Waals surface area contributed by atoms with Crippen LogP contribution in [0.3, 0.4) is 0 Å². The smallest absolute Gasteiger partial charge is 0.248 e. The average Bonchev–Trinajstić information content (AvgIpc) is 2.43. The third-order valence-corrected chi connectivity index (χ3v) is 3.75. The molecule has 4 N–H and O–H groups in total. The lowest BCUT2D eigenvalue weighted by molar-refractivity contribution is -0.117. The van der Waals surface area contributed by atoms with Gasteiger partial charge in [-0.25, -0.2) is 0 Å². The van der Waals surface area contributed by atoms with Crippen molar-refractivity contribution in [1.82, 2.24) is 0 Å². The summed E-state index contributed by atoms with van der Waals surface area (Å²) in [5.41, 5.74) is 10.3. The maximum absolute atomic E-state index is 11.2. The quantitative estimate of drug-likeness (QED) is 0.285. The number of hydrogen-bond acceptors (Lipinski definition) is 1. The topological polar surface area (TPSA) is 81.5 Å². The Hall–Kier alpha value is -1.06. The second kappa shape index (κ2) is 15.3. The number of amides is 1. The Labute approximate surface area is 130 Å². The molecule has 1 amide bonds. The number of aliphatic imine (C=N–C) groups is 1. The molecule has 4 nitrogen and oxygen atoms in total. The standard InChI is InChI=1S/C17H35N3O/c1-2-3-4-5-6-7-8-9-10-11-12-13-14-15-16(21)20-17(18)19/h2-15H2,1H3,(H4,18,19,20,21). The van der Waals surface area contributed by atoms with E-state index in [0.717, 1.165) is 12.8 Å². The highest BCUT2D eigenvalue weighted by Gasteiger charge is 1.99. The first kappa shape index (κ1) is 19.9. The molecule has 0 bridgehead atoms. The second-order valence-corrected chi connectivity index (χ2v) is 5.92. The number of nitrogens with two attached hydrogens (primary N) is 2. The third kappa shape index (κ3) is 16.9. The maximum atomic E-state index is 11.2. The highest BCUT2D eigenvalue weighted by molar-refractivity contribution is 5.91. The summed E-state index contributed by atoms with van der Waals surface area (Å²) in [4.78, 5) is 14.7. The molecular weight excluding hydrogens is 262 g/mol. The molecule has 0 spiro atoms. The zero-order valence-electron chi connectivity index (χ0n) is 13.9. The van der Waals surface area contributed by atoms with Gasteiger partial charge in [0.1, 0.15) is 0 Å². The minimum absolute atomic E-state index is 0.130. The second-order valence-electron chi connectivity index (χ2n) is 5.92. The van der Waals surface area contributed by atoms with E-state index in [2.05, 4.69) is 11.9 Å². The van der Waals surface area contributed by atoms with Crippen LogP contribution in [0.2, 0.25) is 0 Å². The van der Waals surface area contributed by atoms with E-state index in [4.69, 9.17) is 11.5 Å². The molecule has 0 aliphatic rings. The predicted molar refractivity (Wildman–Crippen MR) is 91.1 cm³/mol. The molecule has 0 aromatic rings. The van der Waals surface area contributed by atoms with Gasteiger partial charge in [0.05, 0.1) is 0 Å². The van der Waals surface area contributed by atoms with Gasteiger partial charge in [-0.15, -0.1) is 0 Å². The fourth-order valence-corrected chi connectivity index (χ4v) is 2.49. The first-order chi connectivity index (χ1) is 10.2. The number of unbranched alkanes of at least 4 members (excludes halogenated alkanes) is 12. The highest BCUT2D eigenvalue weighted by atomic mass is 16.1. The first-order valence-electron chi connectivity index (χ1n) is 8.79. The summed E-state index contributed by atoms with van der Waals surface area (Å²) in [7, 11) is 0. The van der Waals surface area contributed by atoms with Gasteiger partial charge in [0.2, 0.25) is 5.91 Å². The molecule has 0 radical (unpaired) electrons. The number of hydrogen-bond donors (Lipinski definition) is 2. The van der Waals surface area contributed by atoms with Gasteiger partial charge in [0.15, 0.2) is 5.96 Å². The summed E-state index contributed by atoms with van der Waals surface area (Å²) < 4.78 is 0. The fourth-order valence-electron chi connectivity index (χ4n) is 2.49. The van der Waals surface area contributed by atoms with Gasteiger partial charge in [-0.2, -0.15) is 4.99 Å². The number of carbonyl (C=O) groups excluding carboxylic acids is 1. The molecule has 0 rings (SSSR count). The van der Waals surface area contributed by atoms with Crippen LogP contribution < -0.4 is 11.5 Å². The van der Waals surface area contributed by atoms with Crippen molar-refractivity contribution in [2.75, 3.05) is 0 Å². The van der Waals surface area contributed by atoms with Crippen LogP contribution in [-0.4, -0.2) is 11.9 Å². The Kier molecular flexibility index (Phi) is 14.6. The number of guanidine groups is 1. The Morgan fingerprint density at radius 2 is 1.10 bits per heavy atom. The Morgan fingerprint density at radius 3 is 1.48 bits per heavy atom. The van der Waals surface area contributed by atoms with Crippen LogP contribution in [0.4, 0.5) is 0 Å². The number of carbonyl (C=O) groups is 1. The van der Waals surface area contributed by atoms with E-state index < -0.39 is 0 Å². The normalized spacial score (nSPS) is 10.5.